The fourth-order valence-corrected chi connectivity index (χ4v) is 3.16. The van der Waals surface area contributed by atoms with Gasteiger partial charge in [-0.25, -0.2) is 8.78 Å². The summed E-state index contributed by atoms with van der Waals surface area (Å²) in [5.41, 5.74) is 0.849. The first-order valence-corrected chi connectivity index (χ1v) is 7.98. The maximum absolute atomic E-state index is 14.4. The molecule has 0 atom stereocenters. The van der Waals surface area contributed by atoms with Gasteiger partial charge in [-0.15, -0.1) is 0 Å². The summed E-state index contributed by atoms with van der Waals surface area (Å²) in [6, 6.07) is 3.00. The smallest absolute Gasteiger partial charge is 0.149 e. The van der Waals surface area contributed by atoms with Gasteiger partial charge in [0.25, 0.3) is 0 Å². The average Bonchev–Trinajstić information content (AvgIpc) is 2.50. The summed E-state index contributed by atoms with van der Waals surface area (Å²) in [6.45, 7) is 7.33. The standard InChI is InChI=1S/C16H24F2N4/c1-20-6-8-21(9-7-20)12-13-10-14(17)16(15(18)11-13)22-4-2-19-3-5-22/h10-11,19H,2-9,12H2,1H3. The van der Waals surface area contributed by atoms with Crippen LogP contribution in [-0.2, 0) is 6.54 Å². The first-order chi connectivity index (χ1) is 10.6. The molecule has 2 aliphatic rings. The molecule has 0 saturated carbocycles. The Labute approximate surface area is 130 Å². The molecule has 6 heteroatoms. The molecule has 3 rings (SSSR count). The molecule has 1 aromatic carbocycles. The van der Waals surface area contributed by atoms with E-state index in [2.05, 4.69) is 22.2 Å². The van der Waals surface area contributed by atoms with Gasteiger partial charge in [-0.05, 0) is 24.7 Å². The number of piperazine rings is 2. The third-order valence-electron chi connectivity index (χ3n) is 4.51. The summed E-state index contributed by atoms with van der Waals surface area (Å²) < 4.78 is 28.8. The average molecular weight is 310 g/mol. The van der Waals surface area contributed by atoms with E-state index in [9.17, 15) is 8.78 Å². The van der Waals surface area contributed by atoms with E-state index in [0.717, 1.165) is 44.8 Å². The Balaban J connectivity index is 1.71. The van der Waals surface area contributed by atoms with Gasteiger partial charge in [0.2, 0.25) is 0 Å². The van der Waals surface area contributed by atoms with Crippen LogP contribution in [0.5, 0.6) is 0 Å². The van der Waals surface area contributed by atoms with Crippen LogP contribution in [-0.4, -0.2) is 69.2 Å². The van der Waals surface area contributed by atoms with Gasteiger partial charge in [-0.3, -0.25) is 4.90 Å². The van der Waals surface area contributed by atoms with Crippen LogP contribution in [0.2, 0.25) is 0 Å². The van der Waals surface area contributed by atoms with E-state index in [1.165, 1.54) is 12.1 Å². The fraction of sp³-hybridized carbons (Fsp3) is 0.625. The van der Waals surface area contributed by atoms with Crippen molar-refractivity contribution >= 4 is 5.69 Å². The number of likely N-dealkylation sites (N-methyl/N-ethyl adjacent to an activating group) is 1. The Hall–Kier alpha value is -1.24. The molecule has 2 saturated heterocycles. The second-order valence-electron chi connectivity index (χ2n) is 6.22. The van der Waals surface area contributed by atoms with Crippen molar-refractivity contribution in [3.8, 4) is 0 Å². The third kappa shape index (κ3) is 3.56. The van der Waals surface area contributed by atoms with Gasteiger partial charge in [0.05, 0.1) is 0 Å². The highest BCUT2D eigenvalue weighted by Crippen LogP contribution is 2.26. The Morgan fingerprint density at radius 3 is 2.14 bits per heavy atom. The van der Waals surface area contributed by atoms with Crippen molar-refractivity contribution in [2.24, 2.45) is 0 Å². The number of rotatable bonds is 3. The van der Waals surface area contributed by atoms with Crippen LogP contribution < -0.4 is 10.2 Å². The lowest BCUT2D eigenvalue weighted by atomic mass is 10.1. The maximum Gasteiger partial charge on any atom is 0.149 e. The van der Waals surface area contributed by atoms with Crippen molar-refractivity contribution in [2.45, 2.75) is 6.54 Å². The molecule has 0 amide bonds. The minimum Gasteiger partial charge on any atom is -0.364 e. The van der Waals surface area contributed by atoms with Crippen LogP contribution in [0.1, 0.15) is 5.56 Å². The lowest BCUT2D eigenvalue weighted by Crippen LogP contribution is -2.44. The highest BCUT2D eigenvalue weighted by Gasteiger charge is 2.21. The predicted octanol–water partition coefficient (Wildman–Crippen LogP) is 1.12. The summed E-state index contributed by atoms with van der Waals surface area (Å²) in [5, 5.41) is 3.20. The summed E-state index contributed by atoms with van der Waals surface area (Å²) in [4.78, 5) is 6.31. The van der Waals surface area contributed by atoms with E-state index in [-0.39, 0.29) is 5.69 Å². The second-order valence-corrected chi connectivity index (χ2v) is 6.22. The molecule has 0 bridgehead atoms. The third-order valence-corrected chi connectivity index (χ3v) is 4.51. The lowest BCUT2D eigenvalue weighted by molar-refractivity contribution is 0.148. The van der Waals surface area contributed by atoms with Crippen molar-refractivity contribution < 1.29 is 8.78 Å². The van der Waals surface area contributed by atoms with Gasteiger partial charge in [0.15, 0.2) is 0 Å². The maximum atomic E-state index is 14.4. The first-order valence-electron chi connectivity index (χ1n) is 7.98. The summed E-state index contributed by atoms with van der Waals surface area (Å²) in [7, 11) is 2.10. The molecule has 2 fully saturated rings. The zero-order valence-corrected chi connectivity index (χ0v) is 13.1. The van der Waals surface area contributed by atoms with E-state index in [4.69, 9.17) is 0 Å². The first kappa shape index (κ1) is 15.6. The lowest BCUT2D eigenvalue weighted by Gasteiger charge is -2.33. The zero-order valence-electron chi connectivity index (χ0n) is 13.1. The van der Waals surface area contributed by atoms with Crippen molar-refractivity contribution in [2.75, 3.05) is 64.3 Å². The summed E-state index contributed by atoms with van der Waals surface area (Å²) in [6.07, 6.45) is 0. The van der Waals surface area contributed by atoms with Crippen molar-refractivity contribution in [3.63, 3.8) is 0 Å². The van der Waals surface area contributed by atoms with E-state index >= 15 is 0 Å². The second kappa shape index (κ2) is 6.89. The molecule has 1 N–H and O–H groups in total. The van der Waals surface area contributed by atoms with E-state index in [1.54, 1.807) is 4.90 Å². The van der Waals surface area contributed by atoms with E-state index in [1.807, 2.05) is 0 Å². The monoisotopic (exact) mass is 310 g/mol. The van der Waals surface area contributed by atoms with Crippen LogP contribution in [0.3, 0.4) is 0 Å². The molecule has 0 spiro atoms. The number of benzene rings is 1. The largest absolute Gasteiger partial charge is 0.364 e. The molecule has 4 nitrogen and oxygen atoms in total. The molecule has 0 aliphatic carbocycles. The summed E-state index contributed by atoms with van der Waals surface area (Å²) >= 11 is 0. The summed E-state index contributed by atoms with van der Waals surface area (Å²) in [5.74, 6) is -0.878. The van der Waals surface area contributed by atoms with E-state index in [0.29, 0.717) is 19.6 Å². The molecule has 22 heavy (non-hydrogen) atoms. The van der Waals surface area contributed by atoms with Crippen LogP contribution in [0.25, 0.3) is 0 Å². The number of hydrogen-bond acceptors (Lipinski definition) is 4. The van der Waals surface area contributed by atoms with Crippen LogP contribution in [0, 0.1) is 11.6 Å². The van der Waals surface area contributed by atoms with Crippen molar-refractivity contribution in [1.29, 1.82) is 0 Å². The van der Waals surface area contributed by atoms with Gasteiger partial charge in [-0.2, -0.15) is 0 Å². The van der Waals surface area contributed by atoms with Crippen LogP contribution in [0.15, 0.2) is 12.1 Å². The Kier molecular flexibility index (Phi) is 4.90. The molecular weight excluding hydrogens is 286 g/mol. The van der Waals surface area contributed by atoms with E-state index < -0.39 is 11.6 Å². The molecule has 0 unspecified atom stereocenters. The molecule has 122 valence electrons. The van der Waals surface area contributed by atoms with Gasteiger partial charge >= 0.3 is 0 Å². The Morgan fingerprint density at radius 2 is 1.55 bits per heavy atom. The van der Waals surface area contributed by atoms with Gasteiger partial charge in [0.1, 0.15) is 17.3 Å². The fourth-order valence-electron chi connectivity index (χ4n) is 3.16. The zero-order chi connectivity index (χ0) is 15.5. The number of halogens is 2. The Bertz CT molecular complexity index is 486. The van der Waals surface area contributed by atoms with Crippen LogP contribution >= 0.6 is 0 Å². The topological polar surface area (TPSA) is 21.8 Å². The van der Waals surface area contributed by atoms with Crippen molar-refractivity contribution in [3.05, 3.63) is 29.3 Å². The van der Waals surface area contributed by atoms with Gasteiger partial charge < -0.3 is 15.1 Å². The molecule has 0 aromatic heterocycles. The highest BCUT2D eigenvalue weighted by atomic mass is 19.1. The number of anilines is 1. The molecule has 1 aromatic rings. The SMILES string of the molecule is CN1CCN(Cc2cc(F)c(N3CCNCC3)c(F)c2)CC1. The highest BCUT2D eigenvalue weighted by molar-refractivity contribution is 5.51. The van der Waals surface area contributed by atoms with Crippen LogP contribution in [0.4, 0.5) is 14.5 Å². The molecular formula is C16H24F2N4. The minimum atomic E-state index is -0.439. The predicted molar refractivity (Wildman–Crippen MR) is 84.2 cm³/mol. The normalized spacial score (nSPS) is 21.3. The van der Waals surface area contributed by atoms with Gasteiger partial charge in [0, 0.05) is 58.9 Å². The Morgan fingerprint density at radius 1 is 0.955 bits per heavy atom. The quantitative estimate of drug-likeness (QED) is 0.903. The molecule has 2 heterocycles. The number of nitrogens with zero attached hydrogens (tertiary/aromatic N) is 3. The van der Waals surface area contributed by atoms with Crippen molar-refractivity contribution in [1.82, 2.24) is 15.1 Å². The number of hydrogen-bond donors (Lipinski definition) is 1. The minimum absolute atomic E-state index is 0.128. The van der Waals surface area contributed by atoms with Gasteiger partial charge in [-0.1, -0.05) is 0 Å². The number of nitrogens with one attached hydrogen (secondary N) is 1. The molecule has 2 aliphatic heterocycles. The molecule has 0 radical (unpaired) electrons.